The molecule has 0 amide bonds. The summed E-state index contributed by atoms with van der Waals surface area (Å²) in [5.41, 5.74) is 6.16. The number of allylic oxidation sites excluding steroid dienone is 2. The SMILES string of the molecule is CCCC(C)=C1C(NC(C)(C)C)=[C-]c2cccc(O[Si](C)(C)C)c21.[Cl-].[Cl-].[Zr+3]. The van der Waals surface area contributed by atoms with Gasteiger partial charge in [-0.15, -0.1) is 34.9 Å². The Morgan fingerprint density at radius 1 is 1.15 bits per heavy atom. The summed E-state index contributed by atoms with van der Waals surface area (Å²) in [5, 5.41) is 3.65. The van der Waals surface area contributed by atoms with Crippen molar-refractivity contribution >= 4 is 13.9 Å². The van der Waals surface area contributed by atoms with Crippen molar-refractivity contribution in [2.75, 3.05) is 0 Å². The van der Waals surface area contributed by atoms with Crippen molar-refractivity contribution in [3.63, 3.8) is 0 Å². The van der Waals surface area contributed by atoms with Gasteiger partial charge in [0.2, 0.25) is 8.32 Å². The smallest absolute Gasteiger partial charge is 1.00 e. The Hall–Kier alpha value is -0.0200. The average molecular weight is 505 g/mol. The van der Waals surface area contributed by atoms with E-state index in [-0.39, 0.29) is 56.6 Å². The third kappa shape index (κ3) is 8.09. The van der Waals surface area contributed by atoms with Crippen LogP contribution in [0.2, 0.25) is 19.6 Å². The molecule has 0 bridgehead atoms. The van der Waals surface area contributed by atoms with Crippen LogP contribution in [-0.4, -0.2) is 13.9 Å². The predicted molar refractivity (Wildman–Crippen MR) is 107 cm³/mol. The van der Waals surface area contributed by atoms with E-state index in [9.17, 15) is 0 Å². The minimum absolute atomic E-state index is 0. The molecule has 6 heteroatoms. The van der Waals surface area contributed by atoms with Gasteiger partial charge in [-0.3, -0.25) is 0 Å². The molecule has 27 heavy (non-hydrogen) atoms. The fourth-order valence-electron chi connectivity index (χ4n) is 3.03. The van der Waals surface area contributed by atoms with Crippen LogP contribution >= 0.6 is 0 Å². The fourth-order valence-corrected chi connectivity index (χ4v) is 3.86. The fraction of sp³-hybridized carbons (Fsp3) is 0.524. The van der Waals surface area contributed by atoms with Crippen molar-refractivity contribution in [2.24, 2.45) is 0 Å². The number of hydrogen-bond acceptors (Lipinski definition) is 2. The maximum atomic E-state index is 6.41. The minimum Gasteiger partial charge on any atom is -1.00 e. The normalized spacial score (nSPS) is 14.7. The molecule has 149 valence electrons. The molecule has 2 nitrogen and oxygen atoms in total. The van der Waals surface area contributed by atoms with Crippen molar-refractivity contribution in [1.82, 2.24) is 5.32 Å². The van der Waals surface area contributed by atoms with Gasteiger partial charge in [0.25, 0.3) is 0 Å². The number of rotatable bonds is 5. The molecular weight excluding hydrogens is 472 g/mol. The van der Waals surface area contributed by atoms with Crippen molar-refractivity contribution in [3.05, 3.63) is 46.7 Å². The zero-order chi connectivity index (χ0) is 18.1. The van der Waals surface area contributed by atoms with E-state index < -0.39 is 8.32 Å². The van der Waals surface area contributed by atoms with E-state index in [1.54, 1.807) is 0 Å². The largest absolute Gasteiger partial charge is 3.00 e. The monoisotopic (exact) mass is 502 g/mol. The van der Waals surface area contributed by atoms with E-state index in [0.717, 1.165) is 29.9 Å². The van der Waals surface area contributed by atoms with E-state index in [1.165, 1.54) is 16.7 Å². The molecule has 0 unspecified atom stereocenters. The van der Waals surface area contributed by atoms with Crippen LogP contribution in [0, 0.1) is 6.08 Å². The minimum atomic E-state index is -1.67. The van der Waals surface area contributed by atoms with Crippen molar-refractivity contribution in [2.45, 2.75) is 72.6 Å². The van der Waals surface area contributed by atoms with Gasteiger partial charge in [-0.2, -0.15) is 0 Å². The number of fused-ring (bicyclic) bond motifs is 1. The number of nitrogens with one attached hydrogen (secondary N) is 1. The second kappa shape index (κ2) is 11.2. The van der Waals surface area contributed by atoms with Gasteiger partial charge in [0.05, 0.1) is 5.75 Å². The molecule has 2 rings (SSSR count). The molecule has 1 radical (unpaired) electrons. The summed E-state index contributed by atoms with van der Waals surface area (Å²) in [4.78, 5) is 0. The summed E-state index contributed by atoms with van der Waals surface area (Å²) < 4.78 is 6.41. The summed E-state index contributed by atoms with van der Waals surface area (Å²) in [7, 11) is -1.67. The van der Waals surface area contributed by atoms with Gasteiger partial charge in [-0.1, -0.05) is 31.5 Å². The molecule has 0 saturated carbocycles. The van der Waals surface area contributed by atoms with E-state index in [4.69, 9.17) is 4.43 Å². The quantitative estimate of drug-likeness (QED) is 0.448. The summed E-state index contributed by atoms with van der Waals surface area (Å²) >= 11 is 0. The Balaban J connectivity index is 0. The Morgan fingerprint density at radius 2 is 1.74 bits per heavy atom. The Bertz CT molecular complexity index is 688. The summed E-state index contributed by atoms with van der Waals surface area (Å²) in [6, 6.07) is 6.33. The molecule has 1 N–H and O–H groups in total. The summed E-state index contributed by atoms with van der Waals surface area (Å²) in [6.45, 7) is 17.7. The molecule has 0 heterocycles. The van der Waals surface area contributed by atoms with E-state index in [0.29, 0.717) is 0 Å². The molecule has 0 fully saturated rings. The molecule has 0 spiro atoms. The van der Waals surface area contributed by atoms with Crippen LogP contribution in [0.1, 0.15) is 58.6 Å². The third-order valence-corrected chi connectivity index (χ3v) is 4.59. The zero-order valence-corrected chi connectivity index (χ0v) is 22.8. The van der Waals surface area contributed by atoms with Gasteiger partial charge < -0.3 is 34.6 Å². The number of halogens is 2. The van der Waals surface area contributed by atoms with E-state index in [1.807, 2.05) is 0 Å². The van der Waals surface area contributed by atoms with Gasteiger partial charge in [-0.05, 0) is 52.9 Å². The van der Waals surface area contributed by atoms with Gasteiger partial charge in [0.15, 0.2) is 0 Å². The van der Waals surface area contributed by atoms with Crippen LogP contribution in [0.25, 0.3) is 5.57 Å². The summed E-state index contributed by atoms with van der Waals surface area (Å²) in [6.07, 6.45) is 5.82. The first kappa shape index (κ1) is 29.2. The van der Waals surface area contributed by atoms with Gasteiger partial charge in [0, 0.05) is 5.54 Å². The Morgan fingerprint density at radius 3 is 2.22 bits per heavy atom. The topological polar surface area (TPSA) is 21.3 Å². The van der Waals surface area contributed by atoms with Crippen LogP contribution in [0.4, 0.5) is 0 Å². The zero-order valence-electron chi connectivity index (χ0n) is 17.8. The molecule has 0 atom stereocenters. The van der Waals surface area contributed by atoms with Crippen molar-refractivity contribution in [3.8, 4) is 5.75 Å². The van der Waals surface area contributed by atoms with E-state index in [2.05, 4.69) is 83.9 Å². The molecule has 1 aromatic carbocycles. The molecule has 1 aliphatic carbocycles. The van der Waals surface area contributed by atoms with Crippen LogP contribution in [0.5, 0.6) is 5.75 Å². The second-order valence-corrected chi connectivity index (χ2v) is 13.1. The first-order valence-corrected chi connectivity index (χ1v) is 12.4. The van der Waals surface area contributed by atoms with Crippen molar-refractivity contribution < 1.29 is 55.4 Å². The second-order valence-electron chi connectivity index (χ2n) is 8.67. The standard InChI is InChI=1S/C21H32NOSi.2ClH.Zr/c1-9-11-15(2)19-17(22-21(3,4)5)14-16-12-10-13-18(20(16)19)23-24(6,7)8;;;/h10,12-13,22H,9,11H2,1-8H3;2*1H;/q-1;;;+3/p-2. The van der Waals surface area contributed by atoms with E-state index >= 15 is 0 Å². The van der Waals surface area contributed by atoms with Crippen LogP contribution < -0.4 is 34.6 Å². The number of hydrogen-bond donors (Lipinski definition) is 1. The average Bonchev–Trinajstić information content (AvgIpc) is 2.73. The Kier molecular flexibility index (Phi) is 12.1. The summed E-state index contributed by atoms with van der Waals surface area (Å²) in [5.74, 6) is 1.01. The maximum Gasteiger partial charge on any atom is 3.00 e. The third-order valence-electron chi connectivity index (χ3n) is 3.75. The molecule has 1 aromatic rings. The maximum absolute atomic E-state index is 6.41. The molecular formula is C21H32Cl2NOSiZr. The van der Waals surface area contributed by atoms with Gasteiger partial charge in [0.1, 0.15) is 0 Å². The molecule has 0 aromatic heterocycles. The Labute approximate surface area is 198 Å². The first-order chi connectivity index (χ1) is 11.0. The molecule has 1 aliphatic rings. The van der Waals surface area contributed by atoms with Crippen LogP contribution in [0.15, 0.2) is 29.5 Å². The first-order valence-electron chi connectivity index (χ1n) is 8.96. The van der Waals surface area contributed by atoms with Gasteiger partial charge in [-0.25, -0.2) is 0 Å². The molecule has 0 saturated heterocycles. The van der Waals surface area contributed by atoms with Crippen molar-refractivity contribution in [1.29, 1.82) is 0 Å². The number of benzene rings is 1. The molecule has 0 aliphatic heterocycles. The van der Waals surface area contributed by atoms with Gasteiger partial charge >= 0.3 is 26.2 Å². The predicted octanol–water partition coefficient (Wildman–Crippen LogP) is -0.0837. The van der Waals surface area contributed by atoms with Crippen LogP contribution in [-0.2, 0) is 26.2 Å². The van der Waals surface area contributed by atoms with Crippen LogP contribution in [0.3, 0.4) is 0 Å².